The molecule has 0 bridgehead atoms. The quantitative estimate of drug-likeness (QED) is 0.383. The highest BCUT2D eigenvalue weighted by Gasteiger charge is 2.44. The summed E-state index contributed by atoms with van der Waals surface area (Å²) in [4.78, 5) is 30.4. The van der Waals surface area contributed by atoms with Crippen molar-refractivity contribution in [3.05, 3.63) is 99.5 Å². The Hall–Kier alpha value is -3.10. The maximum atomic E-state index is 13.5. The van der Waals surface area contributed by atoms with E-state index in [1.54, 1.807) is 37.4 Å². The number of amides is 2. The third-order valence-corrected chi connectivity index (χ3v) is 9.33. The molecule has 2 fully saturated rings. The van der Waals surface area contributed by atoms with E-state index in [0.29, 0.717) is 66.9 Å². The minimum absolute atomic E-state index is 0.0625. The number of hydrogen-bond donors (Lipinski definition) is 1. The Bertz CT molecular complexity index is 1380. The first-order valence-corrected chi connectivity index (χ1v) is 14.6. The summed E-state index contributed by atoms with van der Waals surface area (Å²) in [5.41, 5.74) is 6.97. The number of piperidine rings is 1. The fraction of sp³-hybridized carbons (Fsp3) is 0.375. The molecule has 3 aromatic carbocycles. The van der Waals surface area contributed by atoms with Crippen LogP contribution in [0.5, 0.6) is 5.75 Å². The fourth-order valence-electron chi connectivity index (χ4n) is 6.06. The standard InChI is InChI=1S/C32H35Cl2N3O4/c1-40-26-10-7-23(8-11-26)29(38)37-19-20-41-32(22-37,25-9-12-27(33)28(34)21-25)15-18-36-16-13-31(14-17-36,30(35)39)24-5-3-2-4-6-24/h2-12,21H,13-20,22H2,1H3,(H2,35,39). The van der Waals surface area contributed by atoms with Crippen LogP contribution in [-0.4, -0.2) is 68.1 Å². The zero-order chi connectivity index (χ0) is 29.0. The molecule has 0 saturated carbocycles. The number of nitrogens with zero attached hydrogens (tertiary/aromatic N) is 2. The Balaban J connectivity index is 1.35. The minimum atomic E-state index is -0.772. The molecule has 2 amide bonds. The molecule has 0 aromatic heterocycles. The summed E-state index contributed by atoms with van der Waals surface area (Å²) in [6, 6.07) is 22.5. The number of carbonyl (C=O) groups excluding carboxylic acids is 2. The molecule has 41 heavy (non-hydrogen) atoms. The Labute approximate surface area is 251 Å². The van der Waals surface area contributed by atoms with Gasteiger partial charge in [0.25, 0.3) is 5.91 Å². The lowest BCUT2D eigenvalue weighted by molar-refractivity contribution is -0.126. The van der Waals surface area contributed by atoms with Crippen LogP contribution in [-0.2, 0) is 20.5 Å². The average molecular weight is 597 g/mol. The van der Waals surface area contributed by atoms with Crippen LogP contribution in [0.1, 0.15) is 40.7 Å². The molecular weight excluding hydrogens is 561 g/mol. The third-order valence-electron chi connectivity index (χ3n) is 8.60. The van der Waals surface area contributed by atoms with E-state index in [4.69, 9.17) is 38.4 Å². The molecule has 2 heterocycles. The molecule has 0 radical (unpaired) electrons. The van der Waals surface area contributed by atoms with Gasteiger partial charge in [-0.2, -0.15) is 0 Å². The molecule has 2 saturated heterocycles. The normalized spacial score (nSPS) is 20.9. The van der Waals surface area contributed by atoms with Crippen molar-refractivity contribution in [2.24, 2.45) is 5.73 Å². The molecule has 2 aliphatic heterocycles. The van der Waals surface area contributed by atoms with Crippen molar-refractivity contribution in [2.45, 2.75) is 30.3 Å². The molecule has 7 nitrogen and oxygen atoms in total. The largest absolute Gasteiger partial charge is 0.497 e. The molecule has 3 aromatic rings. The lowest BCUT2D eigenvalue weighted by Crippen LogP contribution is -2.54. The van der Waals surface area contributed by atoms with Gasteiger partial charge in [0, 0.05) is 18.7 Å². The van der Waals surface area contributed by atoms with Gasteiger partial charge >= 0.3 is 0 Å². The number of likely N-dealkylation sites (tertiary alicyclic amines) is 1. The van der Waals surface area contributed by atoms with E-state index >= 15 is 0 Å². The third kappa shape index (κ3) is 6.09. The number of nitrogens with two attached hydrogens (primary N) is 1. The number of ether oxygens (including phenoxy) is 2. The Kier molecular flexibility index (Phi) is 8.90. The van der Waals surface area contributed by atoms with Crippen LogP contribution in [0.3, 0.4) is 0 Å². The number of benzene rings is 3. The van der Waals surface area contributed by atoms with Crippen LogP contribution in [0, 0.1) is 0 Å². The first kappa shape index (κ1) is 29.4. The lowest BCUT2D eigenvalue weighted by atomic mass is 9.72. The predicted octanol–water partition coefficient (Wildman–Crippen LogP) is 5.28. The number of rotatable bonds is 8. The van der Waals surface area contributed by atoms with Gasteiger partial charge in [0.15, 0.2) is 0 Å². The first-order valence-electron chi connectivity index (χ1n) is 13.9. The number of halogens is 2. The maximum absolute atomic E-state index is 13.5. The SMILES string of the molecule is COc1ccc(C(=O)N2CCOC(CCN3CCC(C(N)=O)(c4ccccc4)CC3)(c3ccc(Cl)c(Cl)c3)C2)cc1. The smallest absolute Gasteiger partial charge is 0.254 e. The number of hydrogen-bond acceptors (Lipinski definition) is 5. The summed E-state index contributed by atoms with van der Waals surface area (Å²) in [7, 11) is 1.60. The predicted molar refractivity (Wildman–Crippen MR) is 161 cm³/mol. The number of primary amides is 1. The van der Waals surface area contributed by atoms with E-state index in [1.807, 2.05) is 47.4 Å². The molecule has 0 spiro atoms. The van der Waals surface area contributed by atoms with Crippen LogP contribution >= 0.6 is 23.2 Å². The van der Waals surface area contributed by atoms with Crippen molar-refractivity contribution in [1.82, 2.24) is 9.80 Å². The van der Waals surface area contributed by atoms with Crippen molar-refractivity contribution in [2.75, 3.05) is 46.4 Å². The van der Waals surface area contributed by atoms with Gasteiger partial charge in [-0.15, -0.1) is 0 Å². The zero-order valence-corrected chi connectivity index (χ0v) is 24.7. The summed E-state index contributed by atoms with van der Waals surface area (Å²) in [5, 5.41) is 0.907. The van der Waals surface area contributed by atoms with E-state index < -0.39 is 11.0 Å². The molecular formula is C32H35Cl2N3O4. The summed E-state index contributed by atoms with van der Waals surface area (Å²) in [6.45, 7) is 3.41. The highest BCUT2D eigenvalue weighted by Crippen LogP contribution is 2.39. The summed E-state index contributed by atoms with van der Waals surface area (Å²) >= 11 is 12.7. The molecule has 2 N–H and O–H groups in total. The highest BCUT2D eigenvalue weighted by molar-refractivity contribution is 6.42. The van der Waals surface area contributed by atoms with Crippen molar-refractivity contribution >= 4 is 35.0 Å². The van der Waals surface area contributed by atoms with Crippen LogP contribution in [0.2, 0.25) is 10.0 Å². The second-order valence-corrected chi connectivity index (χ2v) is 11.6. The minimum Gasteiger partial charge on any atom is -0.497 e. The summed E-state index contributed by atoms with van der Waals surface area (Å²) in [5.74, 6) is 0.356. The summed E-state index contributed by atoms with van der Waals surface area (Å²) in [6.07, 6.45) is 1.93. The van der Waals surface area contributed by atoms with Gasteiger partial charge in [0.1, 0.15) is 11.4 Å². The van der Waals surface area contributed by atoms with Crippen molar-refractivity contribution in [3.63, 3.8) is 0 Å². The Morgan fingerprint density at radius 1 is 0.927 bits per heavy atom. The molecule has 9 heteroatoms. The second kappa shape index (κ2) is 12.4. The van der Waals surface area contributed by atoms with E-state index in [1.165, 1.54) is 0 Å². The van der Waals surface area contributed by atoms with Gasteiger partial charge in [-0.3, -0.25) is 9.59 Å². The fourth-order valence-corrected chi connectivity index (χ4v) is 6.35. The number of methoxy groups -OCH3 is 1. The van der Waals surface area contributed by atoms with E-state index in [9.17, 15) is 9.59 Å². The van der Waals surface area contributed by atoms with Crippen molar-refractivity contribution in [1.29, 1.82) is 0 Å². The molecule has 216 valence electrons. The van der Waals surface area contributed by atoms with Gasteiger partial charge < -0.3 is 25.0 Å². The Morgan fingerprint density at radius 2 is 1.63 bits per heavy atom. The first-order chi connectivity index (χ1) is 19.8. The number of carbonyl (C=O) groups is 2. The molecule has 5 rings (SSSR count). The van der Waals surface area contributed by atoms with E-state index in [0.717, 1.165) is 24.2 Å². The van der Waals surface area contributed by atoms with Crippen LogP contribution in [0.4, 0.5) is 0 Å². The summed E-state index contributed by atoms with van der Waals surface area (Å²) < 4.78 is 11.8. The molecule has 2 aliphatic rings. The average Bonchev–Trinajstić information content (AvgIpc) is 3.01. The zero-order valence-electron chi connectivity index (χ0n) is 23.2. The van der Waals surface area contributed by atoms with E-state index in [2.05, 4.69) is 4.90 Å². The monoisotopic (exact) mass is 595 g/mol. The van der Waals surface area contributed by atoms with Gasteiger partial charge in [-0.25, -0.2) is 0 Å². The van der Waals surface area contributed by atoms with Crippen molar-refractivity contribution in [3.8, 4) is 5.75 Å². The molecule has 1 atom stereocenters. The second-order valence-electron chi connectivity index (χ2n) is 10.8. The van der Waals surface area contributed by atoms with Gasteiger partial charge in [-0.05, 0) is 79.9 Å². The lowest BCUT2D eigenvalue weighted by Gasteiger charge is -2.45. The topological polar surface area (TPSA) is 85.1 Å². The van der Waals surface area contributed by atoms with Gasteiger partial charge in [0.2, 0.25) is 5.91 Å². The highest BCUT2D eigenvalue weighted by atomic mass is 35.5. The maximum Gasteiger partial charge on any atom is 0.254 e. The van der Waals surface area contributed by atoms with Crippen LogP contribution in [0.25, 0.3) is 0 Å². The van der Waals surface area contributed by atoms with Crippen LogP contribution < -0.4 is 10.5 Å². The van der Waals surface area contributed by atoms with Crippen LogP contribution in [0.15, 0.2) is 72.8 Å². The van der Waals surface area contributed by atoms with Gasteiger partial charge in [0.05, 0.1) is 35.7 Å². The van der Waals surface area contributed by atoms with Crippen molar-refractivity contribution < 1.29 is 19.1 Å². The Morgan fingerprint density at radius 3 is 2.27 bits per heavy atom. The molecule has 0 aliphatic carbocycles. The number of morpholine rings is 1. The van der Waals surface area contributed by atoms with E-state index in [-0.39, 0.29) is 11.8 Å². The van der Waals surface area contributed by atoms with Gasteiger partial charge in [-0.1, -0.05) is 59.6 Å². The molecule has 1 unspecified atom stereocenters.